The van der Waals surface area contributed by atoms with E-state index in [2.05, 4.69) is 15.6 Å². The van der Waals surface area contributed by atoms with Gasteiger partial charge in [-0.2, -0.15) is 0 Å². The summed E-state index contributed by atoms with van der Waals surface area (Å²) in [5.74, 6) is 0.545. The van der Waals surface area contributed by atoms with Gasteiger partial charge in [0.25, 0.3) is 0 Å². The number of amides is 2. The van der Waals surface area contributed by atoms with Crippen LogP contribution in [0.25, 0.3) is 11.5 Å². The molecule has 2 aromatic carbocycles. The Labute approximate surface area is 145 Å². The number of carbonyl (C=O) groups excluding carboxylic acids is 1. The van der Waals surface area contributed by atoms with Crippen molar-refractivity contribution in [3.8, 4) is 11.5 Å². The van der Waals surface area contributed by atoms with E-state index in [1.807, 2.05) is 36.4 Å². The highest BCUT2D eigenvalue weighted by atomic mass is 16.3. The normalized spacial score (nSPS) is 10.4. The second-order valence-electron chi connectivity index (χ2n) is 5.52. The molecule has 1 aromatic heterocycles. The van der Waals surface area contributed by atoms with Crippen LogP contribution in [0.5, 0.6) is 0 Å². The lowest BCUT2D eigenvalue weighted by atomic mass is 10.1. The van der Waals surface area contributed by atoms with Crippen molar-refractivity contribution < 1.29 is 14.3 Å². The summed E-state index contributed by atoms with van der Waals surface area (Å²) in [6.07, 6.45) is 3.83. The summed E-state index contributed by atoms with van der Waals surface area (Å²) in [6.45, 7) is 0.564. The molecule has 0 atom stereocenters. The minimum Gasteiger partial charge on any atom is -0.445 e. The highest BCUT2D eigenvalue weighted by molar-refractivity contribution is 5.89. The van der Waals surface area contributed by atoms with E-state index >= 15 is 0 Å². The molecule has 0 aliphatic heterocycles. The topological polar surface area (TPSA) is 87.4 Å². The highest BCUT2D eigenvalue weighted by Crippen LogP contribution is 2.19. The third kappa shape index (κ3) is 4.68. The van der Waals surface area contributed by atoms with Gasteiger partial charge in [0.2, 0.25) is 5.89 Å². The molecule has 0 aliphatic rings. The van der Waals surface area contributed by atoms with E-state index in [0.29, 0.717) is 18.1 Å². The maximum atomic E-state index is 11.9. The molecule has 25 heavy (non-hydrogen) atoms. The SMILES string of the molecule is O=C(NCCc1ccc(CO)cc1)Nc1ccc(-c2ncco2)cc1. The summed E-state index contributed by atoms with van der Waals surface area (Å²) in [6, 6.07) is 14.7. The fraction of sp³-hybridized carbons (Fsp3) is 0.158. The second-order valence-corrected chi connectivity index (χ2v) is 5.52. The van der Waals surface area contributed by atoms with Gasteiger partial charge in [0.1, 0.15) is 6.26 Å². The Morgan fingerprint density at radius 3 is 2.40 bits per heavy atom. The maximum Gasteiger partial charge on any atom is 0.319 e. The van der Waals surface area contributed by atoms with Crippen molar-refractivity contribution in [2.24, 2.45) is 0 Å². The Hall–Kier alpha value is -3.12. The number of hydrogen-bond donors (Lipinski definition) is 3. The van der Waals surface area contributed by atoms with Gasteiger partial charge in [-0.05, 0) is 41.8 Å². The third-order valence-corrected chi connectivity index (χ3v) is 3.73. The molecule has 3 N–H and O–H groups in total. The molecule has 0 unspecified atom stereocenters. The summed E-state index contributed by atoms with van der Waals surface area (Å²) < 4.78 is 5.23. The van der Waals surface area contributed by atoms with Crippen LogP contribution in [0.4, 0.5) is 10.5 Å². The number of aliphatic hydroxyl groups is 1. The first kappa shape index (κ1) is 16.7. The molecular formula is C19H19N3O3. The summed E-state index contributed by atoms with van der Waals surface area (Å²) in [4.78, 5) is 16.0. The number of nitrogens with one attached hydrogen (secondary N) is 2. The Kier molecular flexibility index (Phi) is 5.43. The van der Waals surface area contributed by atoms with Crippen molar-refractivity contribution >= 4 is 11.7 Å². The number of aliphatic hydroxyl groups excluding tert-OH is 1. The lowest BCUT2D eigenvalue weighted by Gasteiger charge is -2.08. The van der Waals surface area contributed by atoms with Crippen LogP contribution in [-0.4, -0.2) is 22.7 Å². The van der Waals surface area contributed by atoms with E-state index in [1.54, 1.807) is 18.3 Å². The van der Waals surface area contributed by atoms with Gasteiger partial charge < -0.3 is 20.2 Å². The zero-order valence-corrected chi connectivity index (χ0v) is 13.6. The van der Waals surface area contributed by atoms with Crippen LogP contribution >= 0.6 is 0 Å². The predicted molar refractivity (Wildman–Crippen MR) is 95.0 cm³/mol. The van der Waals surface area contributed by atoms with Gasteiger partial charge in [0.15, 0.2) is 0 Å². The number of oxazole rings is 1. The van der Waals surface area contributed by atoms with Crippen molar-refractivity contribution in [2.45, 2.75) is 13.0 Å². The molecule has 3 aromatic rings. The molecule has 3 rings (SSSR count). The predicted octanol–water partition coefficient (Wildman–Crippen LogP) is 3.20. The molecule has 0 aliphatic carbocycles. The third-order valence-electron chi connectivity index (χ3n) is 3.73. The van der Waals surface area contributed by atoms with Gasteiger partial charge in [-0.25, -0.2) is 9.78 Å². The van der Waals surface area contributed by atoms with Crippen molar-refractivity contribution in [1.29, 1.82) is 0 Å². The Balaban J connectivity index is 1.45. The minimum absolute atomic E-state index is 0.0374. The fourth-order valence-corrected chi connectivity index (χ4v) is 2.37. The maximum absolute atomic E-state index is 11.9. The lowest BCUT2D eigenvalue weighted by Crippen LogP contribution is -2.30. The first-order chi connectivity index (χ1) is 12.2. The number of urea groups is 1. The molecule has 2 amide bonds. The van der Waals surface area contributed by atoms with Crippen LogP contribution in [0.15, 0.2) is 65.4 Å². The Morgan fingerprint density at radius 1 is 1.04 bits per heavy atom. The molecule has 0 fully saturated rings. The zero-order valence-electron chi connectivity index (χ0n) is 13.6. The smallest absolute Gasteiger partial charge is 0.319 e. The standard InChI is InChI=1S/C19H19N3O3/c23-13-15-3-1-14(2-4-15)9-10-21-19(24)22-17-7-5-16(6-8-17)18-20-11-12-25-18/h1-8,11-12,23H,9-10,13H2,(H2,21,22,24). The van der Waals surface area contributed by atoms with Gasteiger partial charge in [-0.15, -0.1) is 0 Å². The molecule has 128 valence electrons. The summed E-state index contributed by atoms with van der Waals surface area (Å²) in [5.41, 5.74) is 3.53. The van der Waals surface area contributed by atoms with E-state index in [4.69, 9.17) is 9.52 Å². The number of rotatable bonds is 6. The molecule has 0 saturated heterocycles. The second kappa shape index (κ2) is 8.12. The van der Waals surface area contributed by atoms with Gasteiger partial charge in [0, 0.05) is 17.8 Å². The molecule has 1 heterocycles. The lowest BCUT2D eigenvalue weighted by molar-refractivity contribution is 0.252. The van der Waals surface area contributed by atoms with E-state index in [-0.39, 0.29) is 12.6 Å². The summed E-state index contributed by atoms with van der Waals surface area (Å²) in [5, 5.41) is 14.6. The van der Waals surface area contributed by atoms with E-state index in [0.717, 1.165) is 23.1 Å². The number of aromatic nitrogens is 1. The molecule has 0 radical (unpaired) electrons. The number of hydrogen-bond acceptors (Lipinski definition) is 4. The minimum atomic E-state index is -0.254. The van der Waals surface area contributed by atoms with E-state index in [9.17, 15) is 4.79 Å². The quantitative estimate of drug-likeness (QED) is 0.644. The van der Waals surface area contributed by atoms with Gasteiger partial charge in [0.05, 0.1) is 12.8 Å². The van der Waals surface area contributed by atoms with Crippen molar-refractivity contribution in [3.05, 3.63) is 72.1 Å². The average molecular weight is 337 g/mol. The number of anilines is 1. The van der Waals surface area contributed by atoms with Crippen LogP contribution in [-0.2, 0) is 13.0 Å². The van der Waals surface area contributed by atoms with Crippen LogP contribution in [0, 0.1) is 0 Å². The van der Waals surface area contributed by atoms with E-state index < -0.39 is 0 Å². The zero-order chi connectivity index (χ0) is 17.5. The van der Waals surface area contributed by atoms with Gasteiger partial charge >= 0.3 is 6.03 Å². The highest BCUT2D eigenvalue weighted by Gasteiger charge is 2.04. The van der Waals surface area contributed by atoms with Gasteiger partial charge in [-0.3, -0.25) is 0 Å². The summed E-state index contributed by atoms with van der Waals surface area (Å²) in [7, 11) is 0. The number of carbonyl (C=O) groups is 1. The molecular weight excluding hydrogens is 318 g/mol. The Morgan fingerprint density at radius 2 is 1.76 bits per heavy atom. The van der Waals surface area contributed by atoms with Crippen molar-refractivity contribution in [2.75, 3.05) is 11.9 Å². The average Bonchev–Trinajstić information content (AvgIpc) is 3.18. The van der Waals surface area contributed by atoms with Crippen molar-refractivity contribution in [1.82, 2.24) is 10.3 Å². The van der Waals surface area contributed by atoms with Crippen LogP contribution in [0.2, 0.25) is 0 Å². The number of nitrogens with zero attached hydrogens (tertiary/aromatic N) is 1. The van der Waals surface area contributed by atoms with Crippen LogP contribution < -0.4 is 10.6 Å². The number of benzene rings is 2. The molecule has 0 spiro atoms. The summed E-state index contributed by atoms with van der Waals surface area (Å²) >= 11 is 0. The van der Waals surface area contributed by atoms with Crippen LogP contribution in [0.1, 0.15) is 11.1 Å². The first-order valence-electron chi connectivity index (χ1n) is 7.98. The molecule has 6 heteroatoms. The van der Waals surface area contributed by atoms with E-state index in [1.165, 1.54) is 6.26 Å². The van der Waals surface area contributed by atoms with Crippen LogP contribution in [0.3, 0.4) is 0 Å². The fourth-order valence-electron chi connectivity index (χ4n) is 2.37. The first-order valence-corrected chi connectivity index (χ1v) is 7.98. The molecule has 0 saturated carbocycles. The van der Waals surface area contributed by atoms with Gasteiger partial charge in [-0.1, -0.05) is 24.3 Å². The van der Waals surface area contributed by atoms with Crippen molar-refractivity contribution in [3.63, 3.8) is 0 Å². The molecule has 0 bridgehead atoms. The largest absolute Gasteiger partial charge is 0.445 e. The monoisotopic (exact) mass is 337 g/mol. The molecule has 6 nitrogen and oxygen atoms in total. The Bertz CT molecular complexity index is 797.